The number of hydrogen-bond donors (Lipinski definition) is 1. The quantitative estimate of drug-likeness (QED) is 0.665. The number of rotatable bonds is 7. The Bertz CT molecular complexity index is 1100. The van der Waals surface area contributed by atoms with Crippen LogP contribution in [0.25, 0.3) is 0 Å². The van der Waals surface area contributed by atoms with E-state index in [1.54, 1.807) is 18.2 Å². The van der Waals surface area contributed by atoms with Gasteiger partial charge in [0.1, 0.15) is 5.75 Å². The molecule has 33 heavy (non-hydrogen) atoms. The Labute approximate surface area is 195 Å². The molecular weight excluding hydrogens is 442 g/mol. The van der Waals surface area contributed by atoms with Gasteiger partial charge >= 0.3 is 0 Å². The van der Waals surface area contributed by atoms with Crippen molar-refractivity contribution in [3.63, 3.8) is 0 Å². The zero-order valence-electron chi connectivity index (χ0n) is 19.1. The molecule has 0 unspecified atom stereocenters. The molecule has 0 saturated carbocycles. The van der Waals surface area contributed by atoms with E-state index >= 15 is 0 Å². The minimum Gasteiger partial charge on any atom is -0.489 e. The molecule has 0 bridgehead atoms. The van der Waals surface area contributed by atoms with Gasteiger partial charge in [0.25, 0.3) is 0 Å². The van der Waals surface area contributed by atoms with Crippen LogP contribution in [0.15, 0.2) is 47.4 Å². The topological polar surface area (TPSA) is 88.2 Å². The zero-order valence-corrected chi connectivity index (χ0v) is 19.9. The first-order chi connectivity index (χ1) is 15.8. The molecule has 4 rings (SSSR count). The lowest BCUT2D eigenvalue weighted by molar-refractivity contribution is -0.130. The molecule has 2 aliphatic heterocycles. The van der Waals surface area contributed by atoms with Gasteiger partial charge in [-0.15, -0.1) is 0 Å². The fraction of sp³-hybridized carbons (Fsp3) is 0.458. The summed E-state index contributed by atoms with van der Waals surface area (Å²) in [5.74, 6) is 0.476. The maximum Gasteiger partial charge on any atom is 0.243 e. The summed E-state index contributed by atoms with van der Waals surface area (Å²) in [5, 5.41) is 3.13. The fourth-order valence-corrected chi connectivity index (χ4v) is 5.53. The van der Waals surface area contributed by atoms with Gasteiger partial charge in [0.05, 0.1) is 36.4 Å². The summed E-state index contributed by atoms with van der Waals surface area (Å²) < 4.78 is 38.8. The standard InChI is InChI=1S/C24H31N3O5S/c1-18(2)32-23-8-7-21(33(29,30)27-11-13-31-14-12-27)15-22(23)25-16-24(28)26-10-9-19-5-3-4-6-20(19)17-26/h3-8,15,18,25H,9-14,16-17H2,1-2H3. The maximum absolute atomic E-state index is 13.1. The molecule has 2 aromatic carbocycles. The molecule has 0 spiro atoms. The van der Waals surface area contributed by atoms with E-state index < -0.39 is 10.0 Å². The van der Waals surface area contributed by atoms with E-state index in [1.807, 2.05) is 30.9 Å². The molecule has 2 aliphatic rings. The minimum absolute atomic E-state index is 0.0403. The smallest absolute Gasteiger partial charge is 0.243 e. The first-order valence-corrected chi connectivity index (χ1v) is 12.8. The van der Waals surface area contributed by atoms with Gasteiger partial charge in [-0.25, -0.2) is 8.42 Å². The Balaban J connectivity index is 1.50. The fourth-order valence-electron chi connectivity index (χ4n) is 4.09. The Morgan fingerprint density at radius 2 is 1.82 bits per heavy atom. The van der Waals surface area contributed by atoms with Crippen molar-refractivity contribution in [3.8, 4) is 5.75 Å². The summed E-state index contributed by atoms with van der Waals surface area (Å²) in [6.45, 7) is 6.51. The second-order valence-corrected chi connectivity index (χ2v) is 10.5. The number of nitrogens with zero attached hydrogens (tertiary/aromatic N) is 2. The number of nitrogens with one attached hydrogen (secondary N) is 1. The predicted octanol–water partition coefficient (Wildman–Crippen LogP) is 2.49. The Kier molecular flexibility index (Phi) is 7.21. The van der Waals surface area contributed by atoms with Crippen molar-refractivity contribution in [2.75, 3.05) is 44.7 Å². The third-order valence-corrected chi connectivity index (χ3v) is 7.73. The SMILES string of the molecule is CC(C)Oc1ccc(S(=O)(=O)N2CCOCC2)cc1NCC(=O)N1CCc2ccccc2C1. The van der Waals surface area contributed by atoms with E-state index in [4.69, 9.17) is 9.47 Å². The van der Waals surface area contributed by atoms with Crippen molar-refractivity contribution in [3.05, 3.63) is 53.6 Å². The van der Waals surface area contributed by atoms with Crippen molar-refractivity contribution in [2.45, 2.75) is 37.8 Å². The molecule has 8 nitrogen and oxygen atoms in total. The highest BCUT2D eigenvalue weighted by Crippen LogP contribution is 2.30. The molecular formula is C24H31N3O5S. The molecule has 0 aromatic heterocycles. The summed E-state index contributed by atoms with van der Waals surface area (Å²) >= 11 is 0. The second-order valence-electron chi connectivity index (χ2n) is 8.53. The molecule has 0 aliphatic carbocycles. The van der Waals surface area contributed by atoms with Gasteiger partial charge in [0.2, 0.25) is 15.9 Å². The third kappa shape index (κ3) is 5.48. The Morgan fingerprint density at radius 3 is 2.55 bits per heavy atom. The van der Waals surface area contributed by atoms with Crippen LogP contribution in [0.3, 0.4) is 0 Å². The number of carbonyl (C=O) groups is 1. The van der Waals surface area contributed by atoms with E-state index in [0.717, 1.165) is 6.42 Å². The van der Waals surface area contributed by atoms with Gasteiger partial charge in [0, 0.05) is 26.2 Å². The van der Waals surface area contributed by atoms with Gasteiger partial charge < -0.3 is 19.7 Å². The van der Waals surface area contributed by atoms with Crippen LogP contribution in [0, 0.1) is 0 Å². The monoisotopic (exact) mass is 473 g/mol. The van der Waals surface area contributed by atoms with E-state index in [-0.39, 0.29) is 23.5 Å². The number of sulfonamides is 1. The van der Waals surface area contributed by atoms with Gasteiger partial charge in [0.15, 0.2) is 0 Å². The highest BCUT2D eigenvalue weighted by atomic mass is 32.2. The van der Waals surface area contributed by atoms with Crippen molar-refractivity contribution in [2.24, 2.45) is 0 Å². The lowest BCUT2D eigenvalue weighted by atomic mass is 10.00. The first kappa shape index (κ1) is 23.5. The Morgan fingerprint density at radius 1 is 1.09 bits per heavy atom. The van der Waals surface area contributed by atoms with Crippen LogP contribution in [0.2, 0.25) is 0 Å². The highest BCUT2D eigenvalue weighted by Gasteiger charge is 2.27. The molecule has 1 fully saturated rings. The molecule has 0 radical (unpaired) electrons. The molecule has 178 valence electrons. The minimum atomic E-state index is -3.66. The highest BCUT2D eigenvalue weighted by molar-refractivity contribution is 7.89. The lowest BCUT2D eigenvalue weighted by Crippen LogP contribution is -2.40. The normalized spacial score (nSPS) is 17.0. The van der Waals surface area contributed by atoms with Gasteiger partial charge in [-0.05, 0) is 49.6 Å². The van der Waals surface area contributed by atoms with Gasteiger partial charge in [-0.2, -0.15) is 4.31 Å². The number of ether oxygens (including phenoxy) is 2. The van der Waals surface area contributed by atoms with Crippen LogP contribution in [0.4, 0.5) is 5.69 Å². The number of benzene rings is 2. The van der Waals surface area contributed by atoms with Gasteiger partial charge in [-0.1, -0.05) is 24.3 Å². The van der Waals surface area contributed by atoms with Crippen LogP contribution in [-0.4, -0.2) is 69.0 Å². The van der Waals surface area contributed by atoms with E-state index in [9.17, 15) is 13.2 Å². The van der Waals surface area contributed by atoms with Gasteiger partial charge in [-0.3, -0.25) is 4.79 Å². The number of amides is 1. The summed E-state index contributed by atoms with van der Waals surface area (Å²) in [6.07, 6.45) is 0.734. The molecule has 1 N–H and O–H groups in total. The Hall–Kier alpha value is -2.62. The van der Waals surface area contributed by atoms with Crippen LogP contribution in [-0.2, 0) is 32.5 Å². The molecule has 2 heterocycles. The molecule has 1 amide bonds. The molecule has 1 saturated heterocycles. The number of carbonyl (C=O) groups excluding carboxylic acids is 1. The maximum atomic E-state index is 13.1. The van der Waals surface area contributed by atoms with Crippen LogP contribution < -0.4 is 10.1 Å². The average Bonchev–Trinajstić information content (AvgIpc) is 2.83. The number of hydrogen-bond acceptors (Lipinski definition) is 6. The summed E-state index contributed by atoms with van der Waals surface area (Å²) in [6, 6.07) is 12.9. The molecule has 0 atom stereocenters. The predicted molar refractivity (Wildman–Crippen MR) is 126 cm³/mol. The summed E-state index contributed by atoms with van der Waals surface area (Å²) in [7, 11) is -3.66. The number of anilines is 1. The largest absolute Gasteiger partial charge is 0.489 e. The van der Waals surface area contributed by atoms with E-state index in [2.05, 4.69) is 17.4 Å². The second kappa shape index (κ2) is 10.1. The van der Waals surface area contributed by atoms with Crippen LogP contribution in [0.5, 0.6) is 5.75 Å². The van der Waals surface area contributed by atoms with Crippen molar-refractivity contribution in [1.82, 2.24) is 9.21 Å². The van der Waals surface area contributed by atoms with Crippen molar-refractivity contribution in [1.29, 1.82) is 0 Å². The average molecular weight is 474 g/mol. The van der Waals surface area contributed by atoms with Crippen LogP contribution in [0.1, 0.15) is 25.0 Å². The number of fused-ring (bicyclic) bond motifs is 1. The zero-order chi connectivity index (χ0) is 23.4. The lowest BCUT2D eigenvalue weighted by Gasteiger charge is -2.29. The summed E-state index contributed by atoms with van der Waals surface area (Å²) in [5.41, 5.74) is 2.94. The summed E-state index contributed by atoms with van der Waals surface area (Å²) in [4.78, 5) is 14.9. The molecule has 9 heteroatoms. The van der Waals surface area contributed by atoms with Crippen molar-refractivity contribution >= 4 is 21.6 Å². The van der Waals surface area contributed by atoms with E-state index in [0.29, 0.717) is 50.8 Å². The molecule has 2 aromatic rings. The third-order valence-electron chi connectivity index (χ3n) is 5.83. The van der Waals surface area contributed by atoms with E-state index in [1.165, 1.54) is 15.4 Å². The number of morpholine rings is 1. The van der Waals surface area contributed by atoms with Crippen LogP contribution >= 0.6 is 0 Å². The first-order valence-electron chi connectivity index (χ1n) is 11.3. The van der Waals surface area contributed by atoms with Crippen molar-refractivity contribution < 1.29 is 22.7 Å².